The van der Waals surface area contributed by atoms with Crippen molar-refractivity contribution >= 4 is 17.6 Å². The number of hydrogen-bond donors (Lipinski definition) is 1. The van der Waals surface area contributed by atoms with Gasteiger partial charge < -0.3 is 5.11 Å². The normalized spacial score (nSPS) is 11.6. The number of aromatic carboxylic acids is 1. The summed E-state index contributed by atoms with van der Waals surface area (Å²) in [6.45, 7) is 0. The Balaban J connectivity index is 2.43. The molecule has 2 aromatic rings. The lowest BCUT2D eigenvalue weighted by molar-refractivity contribution is -0.137. The maximum Gasteiger partial charge on any atom is 0.416 e. The van der Waals surface area contributed by atoms with Crippen molar-refractivity contribution in [2.75, 3.05) is 0 Å². The molecule has 1 aromatic carbocycles. The second-order valence-corrected chi connectivity index (χ2v) is 4.02. The zero-order chi connectivity index (χ0) is 14.2. The van der Waals surface area contributed by atoms with E-state index in [9.17, 15) is 18.0 Å². The highest BCUT2D eigenvalue weighted by molar-refractivity contribution is 6.32. The van der Waals surface area contributed by atoms with Crippen LogP contribution in [0, 0.1) is 0 Å². The van der Waals surface area contributed by atoms with E-state index in [1.54, 1.807) is 0 Å². The molecule has 19 heavy (non-hydrogen) atoms. The third-order valence-corrected chi connectivity index (χ3v) is 2.63. The standard InChI is InChI=1S/C11H6ClF3N2O2/c12-7-5-6(11(13,14)15)1-2-9(7)17-4-3-8(16-17)10(18)19/h1-5H,(H,18,19). The highest BCUT2D eigenvalue weighted by Crippen LogP contribution is 2.33. The predicted octanol–water partition coefficient (Wildman–Crippen LogP) is 3.24. The van der Waals surface area contributed by atoms with Gasteiger partial charge in [-0.3, -0.25) is 0 Å². The van der Waals surface area contributed by atoms with Gasteiger partial charge in [-0.1, -0.05) is 11.6 Å². The summed E-state index contributed by atoms with van der Waals surface area (Å²) in [5, 5.41) is 12.2. The lowest BCUT2D eigenvalue weighted by Gasteiger charge is -2.09. The molecule has 0 aliphatic rings. The Morgan fingerprint density at radius 3 is 2.47 bits per heavy atom. The van der Waals surface area contributed by atoms with Gasteiger partial charge in [0.25, 0.3) is 0 Å². The van der Waals surface area contributed by atoms with Gasteiger partial charge >= 0.3 is 12.1 Å². The molecule has 2 rings (SSSR count). The molecule has 0 radical (unpaired) electrons. The Morgan fingerprint density at radius 2 is 2.00 bits per heavy atom. The van der Waals surface area contributed by atoms with Crippen molar-refractivity contribution in [1.29, 1.82) is 0 Å². The van der Waals surface area contributed by atoms with Gasteiger partial charge in [-0.25, -0.2) is 9.48 Å². The quantitative estimate of drug-likeness (QED) is 0.924. The molecule has 1 heterocycles. The van der Waals surface area contributed by atoms with Crippen molar-refractivity contribution in [2.45, 2.75) is 6.18 Å². The van der Waals surface area contributed by atoms with Gasteiger partial charge in [0.15, 0.2) is 5.69 Å². The molecule has 1 aromatic heterocycles. The van der Waals surface area contributed by atoms with Crippen LogP contribution in [0.1, 0.15) is 16.1 Å². The van der Waals surface area contributed by atoms with Gasteiger partial charge in [-0.15, -0.1) is 0 Å². The van der Waals surface area contributed by atoms with Crippen molar-refractivity contribution < 1.29 is 23.1 Å². The number of alkyl halides is 3. The van der Waals surface area contributed by atoms with Gasteiger partial charge in [0.1, 0.15) is 0 Å². The highest BCUT2D eigenvalue weighted by Gasteiger charge is 2.31. The van der Waals surface area contributed by atoms with Crippen LogP contribution in [0.5, 0.6) is 0 Å². The maximum atomic E-state index is 12.5. The molecule has 0 saturated carbocycles. The van der Waals surface area contributed by atoms with Crippen molar-refractivity contribution in [3.63, 3.8) is 0 Å². The number of halogens is 4. The van der Waals surface area contributed by atoms with Crippen molar-refractivity contribution in [3.05, 3.63) is 46.7 Å². The molecule has 8 heteroatoms. The Kier molecular flexibility index (Phi) is 3.23. The fraction of sp³-hybridized carbons (Fsp3) is 0.0909. The molecule has 0 saturated heterocycles. The third-order valence-electron chi connectivity index (χ3n) is 2.33. The van der Waals surface area contributed by atoms with Crippen LogP contribution < -0.4 is 0 Å². The summed E-state index contributed by atoms with van der Waals surface area (Å²) in [6.07, 6.45) is -3.18. The van der Waals surface area contributed by atoms with E-state index in [2.05, 4.69) is 5.10 Å². The summed E-state index contributed by atoms with van der Waals surface area (Å²) in [6, 6.07) is 3.96. The minimum Gasteiger partial charge on any atom is -0.476 e. The minimum atomic E-state index is -4.49. The Morgan fingerprint density at radius 1 is 1.32 bits per heavy atom. The molecule has 0 atom stereocenters. The topological polar surface area (TPSA) is 55.1 Å². The molecule has 0 fully saturated rings. The maximum absolute atomic E-state index is 12.5. The first-order valence-electron chi connectivity index (χ1n) is 4.95. The molecule has 0 spiro atoms. The van der Waals surface area contributed by atoms with E-state index in [0.29, 0.717) is 0 Å². The van der Waals surface area contributed by atoms with Crippen LogP contribution >= 0.6 is 11.6 Å². The number of carboxylic acids is 1. The Labute approximate surface area is 110 Å². The highest BCUT2D eigenvalue weighted by atomic mass is 35.5. The van der Waals surface area contributed by atoms with Crippen LogP contribution in [0.3, 0.4) is 0 Å². The van der Waals surface area contributed by atoms with Crippen LogP contribution in [0.25, 0.3) is 5.69 Å². The molecule has 0 amide bonds. The molecular formula is C11H6ClF3N2O2. The van der Waals surface area contributed by atoms with Crippen molar-refractivity contribution in [1.82, 2.24) is 9.78 Å². The van der Waals surface area contributed by atoms with Crippen molar-refractivity contribution in [2.24, 2.45) is 0 Å². The minimum absolute atomic E-state index is 0.169. The van der Waals surface area contributed by atoms with Crippen LogP contribution in [0.4, 0.5) is 13.2 Å². The first-order valence-corrected chi connectivity index (χ1v) is 5.33. The SMILES string of the molecule is O=C(O)c1ccn(-c2ccc(C(F)(F)F)cc2Cl)n1. The largest absolute Gasteiger partial charge is 0.476 e. The lowest BCUT2D eigenvalue weighted by atomic mass is 10.2. The molecular weight excluding hydrogens is 285 g/mol. The Bertz CT molecular complexity index is 637. The van der Waals surface area contributed by atoms with Gasteiger partial charge in [0, 0.05) is 6.20 Å². The third kappa shape index (κ3) is 2.70. The fourth-order valence-electron chi connectivity index (χ4n) is 1.44. The summed E-state index contributed by atoms with van der Waals surface area (Å²) >= 11 is 5.75. The van der Waals surface area contributed by atoms with E-state index >= 15 is 0 Å². The molecule has 0 bridgehead atoms. The van der Waals surface area contributed by atoms with E-state index in [0.717, 1.165) is 22.9 Å². The van der Waals surface area contributed by atoms with Crippen LogP contribution in [-0.4, -0.2) is 20.9 Å². The van der Waals surface area contributed by atoms with Gasteiger partial charge in [-0.2, -0.15) is 18.3 Å². The number of carboxylic acid groups (broad SMARTS) is 1. The van der Waals surface area contributed by atoms with E-state index in [4.69, 9.17) is 16.7 Å². The number of aromatic nitrogens is 2. The average molecular weight is 291 g/mol. The van der Waals surface area contributed by atoms with Crippen LogP contribution in [0.15, 0.2) is 30.5 Å². The first-order chi connectivity index (χ1) is 8.79. The number of rotatable bonds is 2. The Hall–Kier alpha value is -2.02. The molecule has 4 nitrogen and oxygen atoms in total. The van der Waals surface area contributed by atoms with Crippen LogP contribution in [-0.2, 0) is 6.18 Å². The van der Waals surface area contributed by atoms with E-state index in [-0.39, 0.29) is 16.4 Å². The summed E-state index contributed by atoms with van der Waals surface area (Å²) in [7, 11) is 0. The monoisotopic (exact) mass is 290 g/mol. The van der Waals surface area contributed by atoms with Gasteiger partial charge in [0.2, 0.25) is 0 Å². The molecule has 0 unspecified atom stereocenters. The fourth-order valence-corrected chi connectivity index (χ4v) is 1.71. The van der Waals surface area contributed by atoms with Gasteiger partial charge in [0.05, 0.1) is 16.3 Å². The van der Waals surface area contributed by atoms with Crippen LogP contribution in [0.2, 0.25) is 5.02 Å². The smallest absolute Gasteiger partial charge is 0.416 e. The van der Waals surface area contributed by atoms with E-state index in [1.807, 2.05) is 0 Å². The average Bonchev–Trinajstić information content (AvgIpc) is 2.76. The molecule has 0 aliphatic carbocycles. The molecule has 1 N–H and O–H groups in total. The summed E-state index contributed by atoms with van der Waals surface area (Å²) < 4.78 is 38.5. The second kappa shape index (κ2) is 4.58. The number of benzene rings is 1. The summed E-state index contributed by atoms with van der Waals surface area (Å²) in [5.41, 5.74) is -0.940. The van der Waals surface area contributed by atoms with Gasteiger partial charge in [-0.05, 0) is 24.3 Å². The number of nitrogens with zero attached hydrogens (tertiary/aromatic N) is 2. The lowest BCUT2D eigenvalue weighted by Crippen LogP contribution is -2.06. The zero-order valence-corrected chi connectivity index (χ0v) is 9.90. The number of hydrogen-bond acceptors (Lipinski definition) is 2. The van der Waals surface area contributed by atoms with E-state index in [1.165, 1.54) is 12.3 Å². The molecule has 0 aliphatic heterocycles. The summed E-state index contributed by atoms with van der Waals surface area (Å²) in [4.78, 5) is 10.7. The molecule has 100 valence electrons. The first kappa shape index (κ1) is 13.4. The predicted molar refractivity (Wildman–Crippen MR) is 60.5 cm³/mol. The number of carbonyl (C=O) groups is 1. The van der Waals surface area contributed by atoms with E-state index < -0.39 is 17.7 Å². The van der Waals surface area contributed by atoms with Crippen molar-refractivity contribution in [3.8, 4) is 5.69 Å². The summed E-state index contributed by atoms with van der Waals surface area (Å²) in [5.74, 6) is -1.23. The second-order valence-electron chi connectivity index (χ2n) is 3.61. The zero-order valence-electron chi connectivity index (χ0n) is 9.15.